The molecule has 3 rings (SSSR count). The van der Waals surface area contributed by atoms with Gasteiger partial charge in [-0.1, -0.05) is 26.2 Å². The summed E-state index contributed by atoms with van der Waals surface area (Å²) in [6.07, 6.45) is 9.35. The van der Waals surface area contributed by atoms with E-state index < -0.39 is 0 Å². The van der Waals surface area contributed by atoms with E-state index in [2.05, 4.69) is 22.2 Å². The zero-order valence-corrected chi connectivity index (χ0v) is 13.5. The third-order valence-electron chi connectivity index (χ3n) is 4.39. The molecule has 0 spiro atoms. The number of nitrogens with one attached hydrogen (secondary N) is 1. The highest BCUT2D eigenvalue weighted by Crippen LogP contribution is 2.29. The van der Waals surface area contributed by atoms with E-state index >= 15 is 0 Å². The Morgan fingerprint density at radius 2 is 2.09 bits per heavy atom. The van der Waals surface area contributed by atoms with Crippen LogP contribution in [0.3, 0.4) is 0 Å². The van der Waals surface area contributed by atoms with Crippen LogP contribution in [0, 0.1) is 0 Å². The van der Waals surface area contributed by atoms with E-state index in [0.29, 0.717) is 18.5 Å². The van der Waals surface area contributed by atoms with Crippen molar-refractivity contribution >= 4 is 5.82 Å². The van der Waals surface area contributed by atoms with Crippen LogP contribution in [0.2, 0.25) is 0 Å². The van der Waals surface area contributed by atoms with Crippen LogP contribution in [-0.2, 0) is 4.74 Å². The van der Waals surface area contributed by atoms with Crippen molar-refractivity contribution in [3.63, 3.8) is 0 Å². The first kappa shape index (κ1) is 15.5. The minimum atomic E-state index is 0.0267. The van der Waals surface area contributed by atoms with Gasteiger partial charge in [-0.3, -0.25) is 0 Å². The first-order chi connectivity index (χ1) is 10.8. The molecule has 122 valence electrons. The molecule has 2 aliphatic rings. The summed E-state index contributed by atoms with van der Waals surface area (Å²) in [5.74, 6) is 2.33. The van der Waals surface area contributed by atoms with E-state index in [1.807, 2.05) is 6.07 Å². The fourth-order valence-corrected chi connectivity index (χ4v) is 3.12. The molecule has 2 fully saturated rings. The molecule has 0 radical (unpaired) electrons. The number of unbranched alkanes of at least 4 members (excludes halogenated alkanes) is 1. The van der Waals surface area contributed by atoms with Gasteiger partial charge in [0.2, 0.25) is 5.88 Å². The molecule has 1 N–H and O–H groups in total. The highest BCUT2D eigenvalue weighted by molar-refractivity contribution is 5.40. The number of nitrogens with zero attached hydrogens (tertiary/aromatic N) is 2. The van der Waals surface area contributed by atoms with Gasteiger partial charge in [-0.2, -0.15) is 4.98 Å². The molecule has 5 heteroatoms. The Balaban J connectivity index is 1.73. The summed E-state index contributed by atoms with van der Waals surface area (Å²) >= 11 is 0. The quantitative estimate of drug-likeness (QED) is 0.775. The second-order valence-corrected chi connectivity index (χ2v) is 6.28. The Labute approximate surface area is 132 Å². The van der Waals surface area contributed by atoms with Crippen LogP contribution in [-0.4, -0.2) is 29.2 Å². The minimum Gasteiger partial charge on any atom is -0.478 e. The van der Waals surface area contributed by atoms with Crippen molar-refractivity contribution in [2.75, 3.05) is 18.5 Å². The van der Waals surface area contributed by atoms with Crippen molar-refractivity contribution in [2.24, 2.45) is 0 Å². The molecule has 1 saturated carbocycles. The maximum atomic E-state index is 5.81. The van der Waals surface area contributed by atoms with E-state index in [-0.39, 0.29) is 6.10 Å². The maximum Gasteiger partial charge on any atom is 0.218 e. The summed E-state index contributed by atoms with van der Waals surface area (Å²) in [4.78, 5) is 9.24. The maximum absolute atomic E-state index is 5.81. The van der Waals surface area contributed by atoms with Gasteiger partial charge in [-0.15, -0.1) is 0 Å². The molecular formula is C17H27N3O2. The van der Waals surface area contributed by atoms with E-state index in [4.69, 9.17) is 9.47 Å². The number of aromatic nitrogens is 2. The van der Waals surface area contributed by atoms with Gasteiger partial charge in [0.1, 0.15) is 11.9 Å². The molecule has 1 aliphatic heterocycles. The van der Waals surface area contributed by atoms with Crippen LogP contribution in [0.15, 0.2) is 6.07 Å². The molecule has 1 aromatic rings. The van der Waals surface area contributed by atoms with Crippen molar-refractivity contribution in [1.82, 2.24) is 9.97 Å². The summed E-state index contributed by atoms with van der Waals surface area (Å²) in [5.41, 5.74) is 0. The number of ether oxygens (including phenoxy) is 2. The van der Waals surface area contributed by atoms with E-state index in [0.717, 1.165) is 43.9 Å². The standard InChI is InChI=1S/C17H27N3O2/c1-2-3-10-22-16-12-15(18-13-7-4-5-8-13)19-17(20-16)14-9-6-11-21-14/h12-14H,2-11H2,1H3,(H,18,19,20). The third-order valence-corrected chi connectivity index (χ3v) is 4.39. The Morgan fingerprint density at radius 1 is 1.23 bits per heavy atom. The summed E-state index contributed by atoms with van der Waals surface area (Å²) in [6, 6.07) is 2.47. The molecule has 1 atom stereocenters. The van der Waals surface area contributed by atoms with Crippen molar-refractivity contribution in [1.29, 1.82) is 0 Å². The Hall–Kier alpha value is -1.36. The lowest BCUT2D eigenvalue weighted by Gasteiger charge is -2.16. The van der Waals surface area contributed by atoms with Crippen LogP contribution in [0.5, 0.6) is 5.88 Å². The molecule has 1 aliphatic carbocycles. The van der Waals surface area contributed by atoms with Crippen LogP contribution in [0.1, 0.15) is 70.2 Å². The number of hydrogen-bond donors (Lipinski definition) is 1. The molecule has 0 bridgehead atoms. The molecule has 0 amide bonds. The average molecular weight is 305 g/mol. The first-order valence-corrected chi connectivity index (χ1v) is 8.75. The van der Waals surface area contributed by atoms with E-state index in [1.165, 1.54) is 25.7 Å². The number of hydrogen-bond acceptors (Lipinski definition) is 5. The second kappa shape index (κ2) is 7.77. The van der Waals surface area contributed by atoms with Crippen LogP contribution in [0.25, 0.3) is 0 Å². The first-order valence-electron chi connectivity index (χ1n) is 8.75. The second-order valence-electron chi connectivity index (χ2n) is 6.28. The van der Waals surface area contributed by atoms with Gasteiger partial charge in [-0.05, 0) is 32.1 Å². The lowest BCUT2D eigenvalue weighted by Crippen LogP contribution is -2.17. The van der Waals surface area contributed by atoms with Gasteiger partial charge in [0.25, 0.3) is 0 Å². The predicted molar refractivity (Wildman–Crippen MR) is 86.2 cm³/mol. The van der Waals surface area contributed by atoms with E-state index in [9.17, 15) is 0 Å². The van der Waals surface area contributed by atoms with Gasteiger partial charge in [0.05, 0.1) is 6.61 Å². The summed E-state index contributed by atoms with van der Waals surface area (Å²) in [5, 5.41) is 3.55. The van der Waals surface area contributed by atoms with Gasteiger partial charge in [0.15, 0.2) is 5.82 Å². The number of anilines is 1. The van der Waals surface area contributed by atoms with Crippen molar-refractivity contribution < 1.29 is 9.47 Å². The third kappa shape index (κ3) is 4.09. The van der Waals surface area contributed by atoms with Crippen LogP contribution in [0.4, 0.5) is 5.82 Å². The predicted octanol–water partition coefficient (Wildman–Crippen LogP) is 3.86. The summed E-state index contributed by atoms with van der Waals surface area (Å²) in [7, 11) is 0. The van der Waals surface area contributed by atoms with Crippen LogP contribution >= 0.6 is 0 Å². The SMILES string of the molecule is CCCCOc1cc(NC2CCCC2)nc(C2CCCO2)n1. The topological polar surface area (TPSA) is 56.3 Å². The largest absolute Gasteiger partial charge is 0.478 e. The van der Waals surface area contributed by atoms with E-state index in [1.54, 1.807) is 0 Å². The molecule has 5 nitrogen and oxygen atoms in total. The monoisotopic (exact) mass is 305 g/mol. The van der Waals surface area contributed by atoms with Gasteiger partial charge >= 0.3 is 0 Å². The lowest BCUT2D eigenvalue weighted by molar-refractivity contribution is 0.104. The molecule has 22 heavy (non-hydrogen) atoms. The Bertz CT molecular complexity index is 469. The molecule has 1 saturated heterocycles. The molecule has 0 aromatic carbocycles. The van der Waals surface area contributed by atoms with Gasteiger partial charge < -0.3 is 14.8 Å². The fraction of sp³-hybridized carbons (Fsp3) is 0.765. The Kier molecular flexibility index (Phi) is 5.48. The molecular weight excluding hydrogens is 278 g/mol. The number of rotatable bonds is 7. The van der Waals surface area contributed by atoms with Crippen molar-refractivity contribution in [3.05, 3.63) is 11.9 Å². The highest BCUT2D eigenvalue weighted by Gasteiger charge is 2.23. The molecule has 1 unspecified atom stereocenters. The van der Waals surface area contributed by atoms with Crippen LogP contribution < -0.4 is 10.1 Å². The van der Waals surface area contributed by atoms with Crippen molar-refractivity contribution in [3.8, 4) is 5.88 Å². The Morgan fingerprint density at radius 3 is 2.82 bits per heavy atom. The summed E-state index contributed by atoms with van der Waals surface area (Å²) < 4.78 is 11.5. The minimum absolute atomic E-state index is 0.0267. The average Bonchev–Trinajstić information content (AvgIpc) is 3.20. The summed E-state index contributed by atoms with van der Waals surface area (Å²) in [6.45, 7) is 3.68. The van der Waals surface area contributed by atoms with Gasteiger partial charge in [-0.25, -0.2) is 4.98 Å². The zero-order valence-electron chi connectivity index (χ0n) is 13.5. The lowest BCUT2D eigenvalue weighted by atomic mass is 10.2. The molecule has 2 heterocycles. The zero-order chi connectivity index (χ0) is 15.2. The van der Waals surface area contributed by atoms with Crippen molar-refractivity contribution in [2.45, 2.75) is 70.4 Å². The normalized spacial score (nSPS) is 22.1. The van der Waals surface area contributed by atoms with Gasteiger partial charge in [0, 0.05) is 18.7 Å². The smallest absolute Gasteiger partial charge is 0.218 e. The highest BCUT2D eigenvalue weighted by atomic mass is 16.5. The molecule has 1 aromatic heterocycles. The fourth-order valence-electron chi connectivity index (χ4n) is 3.12.